The summed E-state index contributed by atoms with van der Waals surface area (Å²) in [5.41, 5.74) is 0.198. The first kappa shape index (κ1) is 18.2. The fourth-order valence-corrected chi connectivity index (χ4v) is 2.02. The van der Waals surface area contributed by atoms with Crippen LogP contribution in [0.2, 0.25) is 0 Å². The SMILES string of the molecule is C/C=C(\C)[C@@H](O)[C@@H](C)/C=C/[C@@H](O)[C@@H](C)c1cc(O)cc(=O)o1. The predicted octanol–water partition coefficient (Wildman–Crippen LogP) is 2.33. The minimum atomic E-state index is -0.898. The predicted molar refractivity (Wildman–Crippen MR) is 84.8 cm³/mol. The van der Waals surface area contributed by atoms with E-state index in [2.05, 4.69) is 0 Å². The molecule has 0 aromatic carbocycles. The second-order valence-electron chi connectivity index (χ2n) is 5.54. The van der Waals surface area contributed by atoms with Crippen molar-refractivity contribution in [2.75, 3.05) is 0 Å². The fraction of sp³-hybridized carbons (Fsp3) is 0.471. The smallest absolute Gasteiger partial charge is 0.339 e. The summed E-state index contributed by atoms with van der Waals surface area (Å²) in [6, 6.07) is 2.28. The van der Waals surface area contributed by atoms with E-state index in [1.807, 2.05) is 26.8 Å². The van der Waals surface area contributed by atoms with Gasteiger partial charge in [-0.1, -0.05) is 32.1 Å². The average molecular weight is 308 g/mol. The Balaban J connectivity index is 2.81. The fourth-order valence-electron chi connectivity index (χ4n) is 2.02. The lowest BCUT2D eigenvalue weighted by Crippen LogP contribution is -2.19. The van der Waals surface area contributed by atoms with E-state index >= 15 is 0 Å². The molecule has 122 valence electrons. The van der Waals surface area contributed by atoms with Crippen LogP contribution in [0.3, 0.4) is 0 Å². The van der Waals surface area contributed by atoms with Crippen molar-refractivity contribution in [1.29, 1.82) is 0 Å². The number of aliphatic hydroxyl groups excluding tert-OH is 2. The standard InChI is InChI=1S/C17H24O5/c1-5-10(2)17(21)11(3)6-7-14(19)12(4)15-8-13(18)9-16(20)22-15/h5-9,11-12,14,17-19,21H,1-4H3/b7-6+,10-5+/t11-,12+,14+,17+/m0/s1. The molecule has 0 spiro atoms. The van der Waals surface area contributed by atoms with Crippen molar-refractivity contribution >= 4 is 0 Å². The summed E-state index contributed by atoms with van der Waals surface area (Å²) in [4.78, 5) is 11.2. The van der Waals surface area contributed by atoms with Crippen LogP contribution in [0.25, 0.3) is 0 Å². The molecule has 0 amide bonds. The van der Waals surface area contributed by atoms with Gasteiger partial charge in [0.05, 0.1) is 18.3 Å². The highest BCUT2D eigenvalue weighted by Crippen LogP contribution is 2.23. The first-order chi connectivity index (χ1) is 10.3. The molecular weight excluding hydrogens is 284 g/mol. The minimum Gasteiger partial charge on any atom is -0.508 e. The molecule has 0 unspecified atom stereocenters. The summed E-state index contributed by atoms with van der Waals surface area (Å²) in [7, 11) is 0. The summed E-state index contributed by atoms with van der Waals surface area (Å²) in [5.74, 6) is -0.640. The maximum absolute atomic E-state index is 11.2. The Morgan fingerprint density at radius 1 is 1.23 bits per heavy atom. The van der Waals surface area contributed by atoms with Crippen LogP contribution in [0, 0.1) is 5.92 Å². The molecule has 1 aromatic rings. The molecule has 0 radical (unpaired) electrons. The Morgan fingerprint density at radius 3 is 2.41 bits per heavy atom. The van der Waals surface area contributed by atoms with Crippen molar-refractivity contribution in [2.45, 2.75) is 45.8 Å². The Labute approximate surface area is 130 Å². The van der Waals surface area contributed by atoms with Gasteiger partial charge >= 0.3 is 5.63 Å². The maximum atomic E-state index is 11.2. The second kappa shape index (κ2) is 7.96. The summed E-state index contributed by atoms with van der Waals surface area (Å²) < 4.78 is 4.98. The Bertz CT molecular complexity index is 599. The third-order valence-corrected chi connectivity index (χ3v) is 3.77. The molecule has 0 bridgehead atoms. The summed E-state index contributed by atoms with van der Waals surface area (Å²) in [6.07, 6.45) is 3.62. The summed E-state index contributed by atoms with van der Waals surface area (Å²) in [5, 5.41) is 29.6. The highest BCUT2D eigenvalue weighted by molar-refractivity contribution is 5.22. The van der Waals surface area contributed by atoms with Crippen molar-refractivity contribution < 1.29 is 19.7 Å². The van der Waals surface area contributed by atoms with Gasteiger partial charge in [0.2, 0.25) is 0 Å². The first-order valence-electron chi connectivity index (χ1n) is 7.27. The number of hydrogen-bond donors (Lipinski definition) is 3. The molecular formula is C17H24O5. The van der Waals surface area contributed by atoms with Crippen LogP contribution in [-0.4, -0.2) is 27.5 Å². The Morgan fingerprint density at radius 2 is 1.86 bits per heavy atom. The zero-order chi connectivity index (χ0) is 16.9. The van der Waals surface area contributed by atoms with Gasteiger partial charge in [0, 0.05) is 17.9 Å². The largest absolute Gasteiger partial charge is 0.508 e. The average Bonchev–Trinajstić information content (AvgIpc) is 2.48. The Hall–Kier alpha value is -1.85. The Kier molecular flexibility index (Phi) is 6.59. The van der Waals surface area contributed by atoms with Gasteiger partial charge < -0.3 is 19.7 Å². The molecule has 1 aromatic heterocycles. The minimum absolute atomic E-state index is 0.158. The lowest BCUT2D eigenvalue weighted by Gasteiger charge is -2.18. The van der Waals surface area contributed by atoms with Crippen LogP contribution in [0.1, 0.15) is 39.4 Å². The molecule has 0 saturated heterocycles. The molecule has 5 heteroatoms. The normalized spacial score (nSPS) is 18.2. The molecule has 22 heavy (non-hydrogen) atoms. The zero-order valence-corrected chi connectivity index (χ0v) is 13.4. The highest BCUT2D eigenvalue weighted by atomic mass is 16.4. The zero-order valence-electron chi connectivity index (χ0n) is 13.4. The van der Waals surface area contributed by atoms with E-state index in [0.717, 1.165) is 11.6 Å². The van der Waals surface area contributed by atoms with Crippen molar-refractivity contribution in [3.63, 3.8) is 0 Å². The monoisotopic (exact) mass is 308 g/mol. The highest BCUT2D eigenvalue weighted by Gasteiger charge is 2.19. The molecule has 4 atom stereocenters. The van der Waals surface area contributed by atoms with E-state index < -0.39 is 23.8 Å². The molecule has 0 aliphatic rings. The van der Waals surface area contributed by atoms with Gasteiger partial charge in [-0.15, -0.1) is 0 Å². The number of allylic oxidation sites excluding steroid dienone is 1. The lowest BCUT2D eigenvalue weighted by molar-refractivity contribution is 0.166. The quantitative estimate of drug-likeness (QED) is 0.702. The van der Waals surface area contributed by atoms with Crippen molar-refractivity contribution in [2.24, 2.45) is 5.92 Å². The van der Waals surface area contributed by atoms with Gasteiger partial charge in [0.1, 0.15) is 11.5 Å². The molecule has 3 N–H and O–H groups in total. The van der Waals surface area contributed by atoms with Crippen LogP contribution < -0.4 is 5.63 Å². The van der Waals surface area contributed by atoms with Gasteiger partial charge in [-0.2, -0.15) is 0 Å². The van der Waals surface area contributed by atoms with Crippen LogP contribution in [0.4, 0.5) is 0 Å². The van der Waals surface area contributed by atoms with Crippen molar-refractivity contribution in [3.8, 4) is 5.75 Å². The van der Waals surface area contributed by atoms with E-state index in [1.165, 1.54) is 6.07 Å². The van der Waals surface area contributed by atoms with Crippen LogP contribution >= 0.6 is 0 Å². The van der Waals surface area contributed by atoms with Gasteiger partial charge in [-0.05, 0) is 19.4 Å². The van der Waals surface area contributed by atoms with Gasteiger partial charge in [0.15, 0.2) is 0 Å². The van der Waals surface area contributed by atoms with E-state index in [-0.39, 0.29) is 17.4 Å². The van der Waals surface area contributed by atoms with Crippen LogP contribution in [-0.2, 0) is 0 Å². The molecule has 0 fully saturated rings. The molecule has 1 heterocycles. The van der Waals surface area contributed by atoms with Crippen LogP contribution in [0.5, 0.6) is 5.75 Å². The van der Waals surface area contributed by atoms with E-state index in [4.69, 9.17) is 4.42 Å². The third kappa shape index (κ3) is 4.86. The molecule has 1 rings (SSSR count). The molecule has 0 aliphatic carbocycles. The molecule has 5 nitrogen and oxygen atoms in total. The number of rotatable bonds is 6. The topological polar surface area (TPSA) is 90.9 Å². The number of aromatic hydroxyl groups is 1. The molecule has 0 aliphatic heterocycles. The van der Waals surface area contributed by atoms with Crippen LogP contribution in [0.15, 0.2) is 45.1 Å². The van der Waals surface area contributed by atoms with Gasteiger partial charge in [-0.3, -0.25) is 0 Å². The summed E-state index contributed by atoms with van der Waals surface area (Å²) in [6.45, 7) is 7.23. The van der Waals surface area contributed by atoms with Gasteiger partial charge in [0.25, 0.3) is 0 Å². The van der Waals surface area contributed by atoms with E-state index in [1.54, 1.807) is 19.1 Å². The lowest BCUT2D eigenvalue weighted by atomic mass is 9.95. The van der Waals surface area contributed by atoms with E-state index in [9.17, 15) is 20.1 Å². The number of aliphatic hydroxyl groups is 2. The second-order valence-corrected chi connectivity index (χ2v) is 5.54. The number of hydrogen-bond acceptors (Lipinski definition) is 5. The van der Waals surface area contributed by atoms with Crippen molar-refractivity contribution in [1.82, 2.24) is 0 Å². The maximum Gasteiger partial charge on any atom is 0.339 e. The van der Waals surface area contributed by atoms with Gasteiger partial charge in [-0.25, -0.2) is 4.79 Å². The third-order valence-electron chi connectivity index (χ3n) is 3.77. The van der Waals surface area contributed by atoms with E-state index in [0.29, 0.717) is 0 Å². The van der Waals surface area contributed by atoms with Crippen molar-refractivity contribution in [3.05, 3.63) is 52.1 Å². The summed E-state index contributed by atoms with van der Waals surface area (Å²) >= 11 is 0. The first-order valence-corrected chi connectivity index (χ1v) is 7.27. The molecule has 0 saturated carbocycles.